The van der Waals surface area contributed by atoms with Crippen molar-refractivity contribution in [2.45, 2.75) is 57.7 Å². The molecule has 1 N–H and O–H groups in total. The Bertz CT molecular complexity index is 236. The lowest BCUT2D eigenvalue weighted by Gasteiger charge is -2.39. The van der Waals surface area contributed by atoms with Crippen LogP contribution in [0.15, 0.2) is 0 Å². The maximum atomic E-state index is 11.5. The molecule has 0 bridgehead atoms. The number of carbonyl (C=O) groups is 1. The summed E-state index contributed by atoms with van der Waals surface area (Å²) in [4.78, 5) is 14.0. The molecule has 1 heterocycles. The van der Waals surface area contributed by atoms with E-state index in [2.05, 4.69) is 24.1 Å². The van der Waals surface area contributed by atoms with Crippen LogP contribution in [0.25, 0.3) is 0 Å². The fraction of sp³-hybridized carbons (Fsp3) is 0.923. The molecule has 3 atom stereocenters. The third-order valence-electron chi connectivity index (χ3n) is 3.89. The van der Waals surface area contributed by atoms with E-state index >= 15 is 0 Å². The number of likely N-dealkylation sites (tertiary alicyclic amines) is 1. The zero-order valence-corrected chi connectivity index (χ0v) is 11.5. The normalized spacial score (nSPS) is 27.8. The van der Waals surface area contributed by atoms with E-state index in [1.807, 2.05) is 7.05 Å². The summed E-state index contributed by atoms with van der Waals surface area (Å²) in [5.74, 6) is -0.162. The predicted octanol–water partition coefficient (Wildman–Crippen LogP) is 1.40. The number of nitrogens with zero attached hydrogens (tertiary/aromatic N) is 1. The van der Waals surface area contributed by atoms with E-state index in [9.17, 15) is 4.79 Å². The summed E-state index contributed by atoms with van der Waals surface area (Å²) in [7, 11) is 3.25. The minimum Gasteiger partial charge on any atom is -0.468 e. The van der Waals surface area contributed by atoms with Gasteiger partial charge >= 0.3 is 5.97 Å². The number of rotatable bonds is 5. The number of hydrogen-bond acceptors (Lipinski definition) is 4. The molecule has 4 heteroatoms. The fourth-order valence-corrected chi connectivity index (χ4v) is 2.72. The van der Waals surface area contributed by atoms with Gasteiger partial charge in [0.2, 0.25) is 0 Å². The highest BCUT2D eigenvalue weighted by atomic mass is 16.5. The average Bonchev–Trinajstić information content (AvgIpc) is 2.32. The van der Waals surface area contributed by atoms with Gasteiger partial charge in [-0.2, -0.15) is 0 Å². The van der Waals surface area contributed by atoms with Crippen molar-refractivity contribution >= 4 is 5.97 Å². The van der Waals surface area contributed by atoms with E-state index in [-0.39, 0.29) is 12.0 Å². The molecule has 4 nitrogen and oxygen atoms in total. The Balaban J connectivity index is 2.44. The minimum absolute atomic E-state index is 0.162. The molecule has 0 aromatic heterocycles. The SMILES string of the molecule is CNC(CCN1[C@H](C)CCC[C@@H]1C)C(=O)OC. The summed E-state index contributed by atoms with van der Waals surface area (Å²) in [6.45, 7) is 5.52. The molecule has 0 radical (unpaired) electrons. The molecule has 0 spiro atoms. The number of likely N-dealkylation sites (N-methyl/N-ethyl adjacent to an activating group) is 1. The van der Waals surface area contributed by atoms with E-state index in [0.29, 0.717) is 12.1 Å². The smallest absolute Gasteiger partial charge is 0.322 e. The van der Waals surface area contributed by atoms with Crippen molar-refractivity contribution in [3.05, 3.63) is 0 Å². The Morgan fingerprint density at radius 1 is 1.41 bits per heavy atom. The molecule has 17 heavy (non-hydrogen) atoms. The molecule has 1 rings (SSSR count). The topological polar surface area (TPSA) is 41.6 Å². The first kappa shape index (κ1) is 14.5. The monoisotopic (exact) mass is 242 g/mol. The van der Waals surface area contributed by atoms with Crippen molar-refractivity contribution in [2.24, 2.45) is 0 Å². The first-order valence-electron chi connectivity index (χ1n) is 6.61. The maximum Gasteiger partial charge on any atom is 0.322 e. The standard InChI is InChI=1S/C13H26N2O2/c1-10-6-5-7-11(2)15(10)9-8-12(14-3)13(16)17-4/h10-12,14H,5-9H2,1-4H3/t10-,11+,12?. The van der Waals surface area contributed by atoms with Crippen molar-refractivity contribution in [3.63, 3.8) is 0 Å². The molecule has 0 aromatic rings. The number of hydrogen-bond donors (Lipinski definition) is 1. The van der Waals surface area contributed by atoms with Gasteiger partial charge in [-0.3, -0.25) is 9.69 Å². The van der Waals surface area contributed by atoms with Crippen LogP contribution >= 0.6 is 0 Å². The van der Waals surface area contributed by atoms with Crippen LogP contribution in [0.4, 0.5) is 0 Å². The molecule has 1 saturated heterocycles. The summed E-state index contributed by atoms with van der Waals surface area (Å²) >= 11 is 0. The third-order valence-corrected chi connectivity index (χ3v) is 3.89. The third kappa shape index (κ3) is 3.96. The molecule has 1 aliphatic heterocycles. The molecular formula is C13H26N2O2. The quantitative estimate of drug-likeness (QED) is 0.740. The Morgan fingerprint density at radius 2 is 2.00 bits per heavy atom. The van der Waals surface area contributed by atoms with Crippen LogP contribution in [0.1, 0.15) is 39.5 Å². The molecule has 0 saturated carbocycles. The number of ether oxygens (including phenoxy) is 1. The van der Waals surface area contributed by atoms with Crippen molar-refractivity contribution in [1.29, 1.82) is 0 Å². The number of methoxy groups -OCH3 is 1. The van der Waals surface area contributed by atoms with Crippen molar-refractivity contribution in [3.8, 4) is 0 Å². The van der Waals surface area contributed by atoms with Crippen LogP contribution in [0.3, 0.4) is 0 Å². The second kappa shape index (κ2) is 6.97. The van der Waals surface area contributed by atoms with Gasteiger partial charge in [0.05, 0.1) is 7.11 Å². The van der Waals surface area contributed by atoms with Crippen LogP contribution in [0, 0.1) is 0 Å². The van der Waals surface area contributed by atoms with Gasteiger partial charge in [-0.25, -0.2) is 0 Å². The first-order valence-corrected chi connectivity index (χ1v) is 6.61. The highest BCUT2D eigenvalue weighted by Gasteiger charge is 2.26. The van der Waals surface area contributed by atoms with E-state index in [4.69, 9.17) is 4.74 Å². The van der Waals surface area contributed by atoms with Crippen LogP contribution in [-0.2, 0) is 9.53 Å². The largest absolute Gasteiger partial charge is 0.468 e. The molecular weight excluding hydrogens is 216 g/mol. The van der Waals surface area contributed by atoms with Gasteiger partial charge in [0.1, 0.15) is 6.04 Å². The molecule has 1 aliphatic rings. The Kier molecular flexibility index (Phi) is 5.92. The highest BCUT2D eigenvalue weighted by molar-refractivity contribution is 5.75. The Hall–Kier alpha value is -0.610. The van der Waals surface area contributed by atoms with Gasteiger partial charge in [0.15, 0.2) is 0 Å². The zero-order valence-electron chi connectivity index (χ0n) is 11.5. The van der Waals surface area contributed by atoms with Gasteiger partial charge in [-0.05, 0) is 40.2 Å². The Morgan fingerprint density at radius 3 is 2.47 bits per heavy atom. The second-order valence-corrected chi connectivity index (χ2v) is 5.02. The van der Waals surface area contributed by atoms with Crippen LogP contribution in [0.2, 0.25) is 0 Å². The van der Waals surface area contributed by atoms with Crippen molar-refractivity contribution in [1.82, 2.24) is 10.2 Å². The predicted molar refractivity (Wildman–Crippen MR) is 69.0 cm³/mol. The van der Waals surface area contributed by atoms with Crippen LogP contribution in [0.5, 0.6) is 0 Å². The summed E-state index contributed by atoms with van der Waals surface area (Å²) in [5, 5.41) is 3.02. The number of carbonyl (C=O) groups excluding carboxylic acids is 1. The lowest BCUT2D eigenvalue weighted by atomic mass is 9.97. The van der Waals surface area contributed by atoms with Gasteiger partial charge in [0, 0.05) is 18.6 Å². The van der Waals surface area contributed by atoms with Crippen LogP contribution < -0.4 is 5.32 Å². The molecule has 0 aliphatic carbocycles. The maximum absolute atomic E-state index is 11.5. The lowest BCUT2D eigenvalue weighted by molar-refractivity contribution is -0.143. The zero-order chi connectivity index (χ0) is 12.8. The van der Waals surface area contributed by atoms with Crippen LogP contribution in [-0.4, -0.2) is 49.7 Å². The Labute approximate surface area is 105 Å². The number of piperidine rings is 1. The molecule has 0 amide bonds. The van der Waals surface area contributed by atoms with E-state index in [1.165, 1.54) is 26.4 Å². The van der Waals surface area contributed by atoms with E-state index < -0.39 is 0 Å². The first-order chi connectivity index (χ1) is 8.10. The molecule has 100 valence electrons. The lowest BCUT2D eigenvalue weighted by Crippen LogP contribution is -2.46. The number of esters is 1. The molecule has 1 fully saturated rings. The van der Waals surface area contributed by atoms with Gasteiger partial charge in [-0.15, -0.1) is 0 Å². The van der Waals surface area contributed by atoms with Crippen molar-refractivity contribution in [2.75, 3.05) is 20.7 Å². The summed E-state index contributed by atoms with van der Waals surface area (Å²) in [6.07, 6.45) is 4.68. The van der Waals surface area contributed by atoms with Gasteiger partial charge in [0.25, 0.3) is 0 Å². The summed E-state index contributed by atoms with van der Waals surface area (Å²) < 4.78 is 4.78. The minimum atomic E-state index is -0.179. The van der Waals surface area contributed by atoms with Gasteiger partial charge < -0.3 is 10.1 Å². The summed E-state index contributed by atoms with van der Waals surface area (Å²) in [6, 6.07) is 1.09. The average molecular weight is 242 g/mol. The summed E-state index contributed by atoms with van der Waals surface area (Å²) in [5.41, 5.74) is 0. The van der Waals surface area contributed by atoms with Crippen molar-refractivity contribution < 1.29 is 9.53 Å². The number of nitrogens with one attached hydrogen (secondary N) is 1. The highest BCUT2D eigenvalue weighted by Crippen LogP contribution is 2.22. The van der Waals surface area contributed by atoms with E-state index in [1.54, 1.807) is 0 Å². The second-order valence-electron chi connectivity index (χ2n) is 5.02. The molecule has 1 unspecified atom stereocenters. The fourth-order valence-electron chi connectivity index (χ4n) is 2.72. The van der Waals surface area contributed by atoms with Gasteiger partial charge in [-0.1, -0.05) is 6.42 Å². The van der Waals surface area contributed by atoms with E-state index in [0.717, 1.165) is 13.0 Å². The molecule has 0 aromatic carbocycles.